The molecule has 0 atom stereocenters. The molecule has 0 aromatic heterocycles. The first-order chi connectivity index (χ1) is 15.3. The van der Waals surface area contributed by atoms with Crippen molar-refractivity contribution in [1.82, 2.24) is 5.73 Å². The molecular formula is C25H35N2O4S. The van der Waals surface area contributed by atoms with Crippen LogP contribution in [0.2, 0.25) is 0 Å². The van der Waals surface area contributed by atoms with Crippen LogP contribution in [0.3, 0.4) is 0 Å². The second-order valence-corrected chi connectivity index (χ2v) is 9.67. The number of hydrogen-bond donors (Lipinski definition) is 1. The van der Waals surface area contributed by atoms with Gasteiger partial charge in [-0.3, -0.25) is 10.5 Å². The van der Waals surface area contributed by atoms with Crippen molar-refractivity contribution in [3.8, 4) is 16.9 Å². The molecule has 1 amide bonds. The highest BCUT2D eigenvalue weighted by atomic mass is 32.2. The monoisotopic (exact) mass is 459 g/mol. The normalized spacial score (nSPS) is 11.4. The van der Waals surface area contributed by atoms with Crippen LogP contribution in [0, 0.1) is 0 Å². The zero-order valence-electron chi connectivity index (χ0n) is 18.9. The van der Waals surface area contributed by atoms with Gasteiger partial charge < -0.3 is 4.74 Å². The molecule has 0 bridgehead atoms. The second kappa shape index (κ2) is 13.2. The number of ether oxygens (including phenoxy) is 1. The lowest BCUT2D eigenvalue weighted by molar-refractivity contribution is 0.0992. The van der Waals surface area contributed by atoms with Gasteiger partial charge in [0.2, 0.25) is 10.0 Å². The summed E-state index contributed by atoms with van der Waals surface area (Å²) in [7, 11) is -3.92. The van der Waals surface area contributed by atoms with Gasteiger partial charge in [0, 0.05) is 11.1 Å². The van der Waals surface area contributed by atoms with E-state index in [-0.39, 0.29) is 10.5 Å². The molecule has 0 saturated carbocycles. The minimum absolute atomic E-state index is 0.0639. The summed E-state index contributed by atoms with van der Waals surface area (Å²) in [5, 5.41) is 5.29. The molecule has 32 heavy (non-hydrogen) atoms. The molecule has 2 aromatic carbocycles. The Labute approximate surface area is 192 Å². The zero-order chi connectivity index (χ0) is 23.4. The minimum Gasteiger partial charge on any atom is -0.493 e. The predicted molar refractivity (Wildman–Crippen MR) is 128 cm³/mol. The molecule has 0 fully saturated rings. The van der Waals surface area contributed by atoms with Gasteiger partial charge >= 0.3 is 0 Å². The molecule has 2 rings (SSSR count). The Balaban J connectivity index is 1.98. The number of benzene rings is 2. The third-order valence-corrected chi connectivity index (χ3v) is 6.41. The third-order valence-electron chi connectivity index (χ3n) is 5.50. The highest BCUT2D eigenvalue weighted by molar-refractivity contribution is 7.89. The van der Waals surface area contributed by atoms with E-state index in [1.54, 1.807) is 30.3 Å². The van der Waals surface area contributed by atoms with E-state index in [1.165, 1.54) is 63.5 Å². The van der Waals surface area contributed by atoms with E-state index < -0.39 is 15.9 Å². The number of carbonyl (C=O) groups is 1. The van der Waals surface area contributed by atoms with E-state index in [0.29, 0.717) is 23.5 Å². The Morgan fingerprint density at radius 3 is 2.06 bits per heavy atom. The summed E-state index contributed by atoms with van der Waals surface area (Å²) in [5.41, 5.74) is 8.61. The lowest BCUT2D eigenvalue weighted by Gasteiger charge is -2.15. The molecule has 0 aliphatic carbocycles. The van der Waals surface area contributed by atoms with Crippen LogP contribution in [0.1, 0.15) is 81.5 Å². The summed E-state index contributed by atoms with van der Waals surface area (Å²) in [6.07, 6.45) is 12.2. The van der Waals surface area contributed by atoms with Crippen LogP contribution in [0.15, 0.2) is 47.4 Å². The second-order valence-electron chi connectivity index (χ2n) is 8.11. The molecule has 1 radical (unpaired) electrons. The number of hydrogen-bond acceptors (Lipinski definition) is 4. The van der Waals surface area contributed by atoms with Crippen molar-refractivity contribution in [2.45, 2.75) is 76.0 Å². The van der Waals surface area contributed by atoms with Crippen LogP contribution in [0.4, 0.5) is 0 Å². The molecule has 7 heteroatoms. The summed E-state index contributed by atoms with van der Waals surface area (Å²) >= 11 is 0. The van der Waals surface area contributed by atoms with E-state index in [4.69, 9.17) is 15.6 Å². The van der Waals surface area contributed by atoms with Gasteiger partial charge in [0.05, 0.1) is 11.5 Å². The number of sulfonamides is 1. The van der Waals surface area contributed by atoms with Gasteiger partial charge in [-0.1, -0.05) is 82.9 Å². The lowest BCUT2D eigenvalue weighted by Crippen LogP contribution is -2.12. The highest BCUT2D eigenvalue weighted by Gasteiger charge is 2.18. The SMILES string of the molecule is CCCCCCCCCCCCOc1ccc(S(N)(=O)=O)cc1-c1ccccc1C([NH])=O. The standard InChI is InChI=1S/C25H35N2O4S/c1-2-3-4-5-6-7-8-9-10-13-18-31-24-17-16-20(32(27,29)30)19-23(24)21-14-11-12-15-22(21)25(26)28/h11-12,14-17,19,26H,2-10,13,18H2,1H3,(H2,27,29,30). The summed E-state index contributed by atoms with van der Waals surface area (Å²) in [5.74, 6) is -0.371. The number of nitrogens with two attached hydrogens (primary N) is 1. The van der Waals surface area contributed by atoms with E-state index in [2.05, 4.69) is 6.92 Å². The Bertz CT molecular complexity index is 974. The van der Waals surface area contributed by atoms with Crippen molar-refractivity contribution in [2.75, 3.05) is 6.61 Å². The van der Waals surface area contributed by atoms with Gasteiger partial charge in [-0.2, -0.15) is 0 Å². The molecule has 0 unspecified atom stereocenters. The third kappa shape index (κ3) is 8.28. The molecule has 175 valence electrons. The first-order valence-corrected chi connectivity index (χ1v) is 13.0. The molecule has 0 saturated heterocycles. The number of unbranched alkanes of at least 4 members (excludes halogenated alkanes) is 9. The molecule has 0 heterocycles. The number of rotatable bonds is 15. The molecular weight excluding hydrogens is 424 g/mol. The molecule has 0 aliphatic rings. The van der Waals surface area contributed by atoms with Gasteiger partial charge in [0.15, 0.2) is 0 Å². The Morgan fingerprint density at radius 2 is 1.47 bits per heavy atom. The van der Waals surface area contributed by atoms with Crippen molar-refractivity contribution < 1.29 is 17.9 Å². The van der Waals surface area contributed by atoms with Crippen molar-refractivity contribution in [3.63, 3.8) is 0 Å². The molecule has 2 aromatic rings. The van der Waals surface area contributed by atoms with Crippen molar-refractivity contribution in [3.05, 3.63) is 48.0 Å². The van der Waals surface area contributed by atoms with Crippen molar-refractivity contribution in [1.29, 1.82) is 0 Å². The number of primary sulfonamides is 1. The maximum absolute atomic E-state index is 11.8. The van der Waals surface area contributed by atoms with Crippen LogP contribution < -0.4 is 15.6 Å². The van der Waals surface area contributed by atoms with Crippen LogP contribution in [-0.2, 0) is 10.0 Å². The van der Waals surface area contributed by atoms with E-state index in [1.807, 2.05) is 0 Å². The van der Waals surface area contributed by atoms with Gasteiger partial charge in [-0.15, -0.1) is 0 Å². The first kappa shape index (κ1) is 25.9. The maximum atomic E-state index is 11.8. The molecule has 6 nitrogen and oxygen atoms in total. The van der Waals surface area contributed by atoms with Gasteiger partial charge in [-0.25, -0.2) is 13.6 Å². The van der Waals surface area contributed by atoms with Gasteiger partial charge in [-0.05, 0) is 36.2 Å². The van der Waals surface area contributed by atoms with E-state index >= 15 is 0 Å². The van der Waals surface area contributed by atoms with Crippen LogP contribution in [0.25, 0.3) is 11.1 Å². The van der Waals surface area contributed by atoms with Gasteiger partial charge in [0.1, 0.15) is 5.75 Å². The Morgan fingerprint density at radius 1 is 0.875 bits per heavy atom. The Hall–Kier alpha value is -2.38. The fourth-order valence-corrected chi connectivity index (χ4v) is 4.25. The molecule has 0 aliphatic heterocycles. The largest absolute Gasteiger partial charge is 0.493 e. The summed E-state index contributed by atoms with van der Waals surface area (Å²) in [6.45, 7) is 2.72. The van der Waals surface area contributed by atoms with E-state index in [9.17, 15) is 13.2 Å². The first-order valence-electron chi connectivity index (χ1n) is 11.5. The predicted octanol–water partition coefficient (Wildman–Crippen LogP) is 5.72. The van der Waals surface area contributed by atoms with E-state index in [0.717, 1.165) is 12.8 Å². The maximum Gasteiger partial charge on any atom is 0.270 e. The average Bonchev–Trinajstić information content (AvgIpc) is 2.76. The average molecular weight is 460 g/mol. The van der Waals surface area contributed by atoms with Crippen molar-refractivity contribution >= 4 is 15.9 Å². The van der Waals surface area contributed by atoms with Gasteiger partial charge in [0.25, 0.3) is 5.91 Å². The number of amides is 1. The van der Waals surface area contributed by atoms with Crippen LogP contribution >= 0.6 is 0 Å². The number of carbonyl (C=O) groups excluding carboxylic acids is 1. The fraction of sp³-hybridized carbons (Fsp3) is 0.480. The quantitative estimate of drug-likeness (QED) is 0.343. The van der Waals surface area contributed by atoms with Crippen LogP contribution in [-0.4, -0.2) is 20.9 Å². The summed E-state index contributed by atoms with van der Waals surface area (Å²) in [6, 6.07) is 11.0. The minimum atomic E-state index is -3.92. The summed E-state index contributed by atoms with van der Waals surface area (Å²) < 4.78 is 29.6. The topological polar surface area (TPSA) is 110 Å². The summed E-state index contributed by atoms with van der Waals surface area (Å²) in [4.78, 5) is 11.7. The molecule has 3 N–H and O–H groups in total. The van der Waals surface area contributed by atoms with Crippen molar-refractivity contribution in [2.24, 2.45) is 5.14 Å². The lowest BCUT2D eigenvalue weighted by atomic mass is 9.98. The highest BCUT2D eigenvalue weighted by Crippen LogP contribution is 2.34. The Kier molecular flexibility index (Phi) is 10.7. The number of nitrogens with one attached hydrogen (secondary N) is 1. The van der Waals surface area contributed by atoms with Crippen LogP contribution in [0.5, 0.6) is 5.75 Å². The smallest absolute Gasteiger partial charge is 0.270 e. The molecule has 0 spiro atoms. The zero-order valence-corrected chi connectivity index (χ0v) is 19.8. The fourth-order valence-electron chi connectivity index (χ4n) is 3.71.